The lowest BCUT2D eigenvalue weighted by Gasteiger charge is -2.39. The zero-order valence-corrected chi connectivity index (χ0v) is 16.1. The first-order chi connectivity index (χ1) is 14.7. The molecule has 31 heavy (non-hydrogen) atoms. The first-order valence-electron chi connectivity index (χ1n) is 9.26. The van der Waals surface area contributed by atoms with Crippen molar-refractivity contribution in [2.24, 2.45) is 0 Å². The standard InChI is InChI=1S/C21H22O10/c22-9-15-17(27)18(28)19(29)21(30-15)31-20-12(6-8-14(25)16(20)26)13(24)7-3-10-1-4-11(23)5-2-10/h1-8,15,17-19,21-23,25-29H,9H2/t15-,17-,18+,19-,21+/m1/s1. The van der Waals surface area contributed by atoms with Gasteiger partial charge in [-0.2, -0.15) is 0 Å². The monoisotopic (exact) mass is 434 g/mol. The van der Waals surface area contributed by atoms with Crippen molar-refractivity contribution in [3.05, 3.63) is 53.6 Å². The van der Waals surface area contributed by atoms with Crippen molar-refractivity contribution >= 4 is 11.9 Å². The third kappa shape index (κ3) is 4.79. The Morgan fingerprint density at radius 1 is 0.968 bits per heavy atom. The molecule has 166 valence electrons. The van der Waals surface area contributed by atoms with Crippen LogP contribution in [0.2, 0.25) is 0 Å². The van der Waals surface area contributed by atoms with E-state index in [2.05, 4.69) is 0 Å². The number of carbonyl (C=O) groups is 1. The molecular formula is C21H22O10. The van der Waals surface area contributed by atoms with E-state index in [4.69, 9.17) is 9.47 Å². The summed E-state index contributed by atoms with van der Waals surface area (Å²) in [5.74, 6) is -2.52. The zero-order valence-electron chi connectivity index (χ0n) is 16.1. The maximum Gasteiger partial charge on any atom is 0.229 e. The van der Waals surface area contributed by atoms with E-state index in [1.807, 2.05) is 0 Å². The normalized spacial score (nSPS) is 26.1. The van der Waals surface area contributed by atoms with Gasteiger partial charge in [0.25, 0.3) is 0 Å². The summed E-state index contributed by atoms with van der Waals surface area (Å²) < 4.78 is 10.6. The van der Waals surface area contributed by atoms with Gasteiger partial charge in [0.15, 0.2) is 17.3 Å². The summed E-state index contributed by atoms with van der Waals surface area (Å²) in [6.45, 7) is -0.696. The number of phenolic OH excluding ortho intramolecular Hbond substituents is 3. The fourth-order valence-electron chi connectivity index (χ4n) is 3.00. The largest absolute Gasteiger partial charge is 0.508 e. The molecule has 0 saturated carbocycles. The molecule has 1 aliphatic rings. The second kappa shape index (κ2) is 9.33. The van der Waals surface area contributed by atoms with Crippen molar-refractivity contribution in [2.75, 3.05) is 6.61 Å². The van der Waals surface area contributed by atoms with Gasteiger partial charge in [-0.05, 0) is 35.9 Å². The summed E-state index contributed by atoms with van der Waals surface area (Å²) in [4.78, 5) is 12.7. The van der Waals surface area contributed by atoms with Crippen molar-refractivity contribution < 1.29 is 50.0 Å². The van der Waals surface area contributed by atoms with E-state index in [1.54, 1.807) is 12.1 Å². The molecule has 0 unspecified atom stereocenters. The number of hydrogen-bond donors (Lipinski definition) is 7. The summed E-state index contributed by atoms with van der Waals surface area (Å²) in [5, 5.41) is 68.5. The summed E-state index contributed by atoms with van der Waals surface area (Å²) in [7, 11) is 0. The first-order valence-corrected chi connectivity index (χ1v) is 9.26. The number of benzene rings is 2. The highest BCUT2D eigenvalue weighted by atomic mass is 16.7. The predicted octanol–water partition coefficient (Wildman–Crippen LogP) is -0.122. The Labute approximate surface area is 176 Å². The number of allylic oxidation sites excluding steroid dienone is 1. The minimum atomic E-state index is -1.78. The van der Waals surface area contributed by atoms with Gasteiger partial charge < -0.3 is 45.2 Å². The lowest BCUT2D eigenvalue weighted by atomic mass is 9.99. The summed E-state index contributed by atoms with van der Waals surface area (Å²) >= 11 is 0. The number of carbonyl (C=O) groups excluding carboxylic acids is 1. The molecule has 0 spiro atoms. The molecule has 5 atom stereocenters. The van der Waals surface area contributed by atoms with Crippen LogP contribution in [0.5, 0.6) is 23.0 Å². The Kier molecular flexibility index (Phi) is 6.78. The van der Waals surface area contributed by atoms with Crippen LogP contribution in [0.1, 0.15) is 15.9 Å². The highest BCUT2D eigenvalue weighted by molar-refractivity contribution is 6.09. The molecule has 1 aliphatic heterocycles. The summed E-state index contributed by atoms with van der Waals surface area (Å²) in [6.07, 6.45) is -5.46. The molecule has 10 nitrogen and oxygen atoms in total. The third-order valence-electron chi connectivity index (χ3n) is 4.78. The molecule has 0 amide bonds. The number of ketones is 1. The number of aliphatic hydroxyl groups excluding tert-OH is 4. The molecule has 0 radical (unpaired) electrons. The molecule has 0 aliphatic carbocycles. The number of aliphatic hydroxyl groups is 4. The number of ether oxygens (including phenoxy) is 2. The van der Waals surface area contributed by atoms with E-state index in [9.17, 15) is 40.5 Å². The fourth-order valence-corrected chi connectivity index (χ4v) is 3.00. The van der Waals surface area contributed by atoms with Crippen molar-refractivity contribution in [1.29, 1.82) is 0 Å². The van der Waals surface area contributed by atoms with Crippen LogP contribution in [-0.2, 0) is 4.74 Å². The maximum absolute atomic E-state index is 12.7. The molecule has 2 aromatic carbocycles. The average Bonchev–Trinajstić information content (AvgIpc) is 2.76. The van der Waals surface area contributed by atoms with Gasteiger partial charge in [-0.3, -0.25) is 4.79 Å². The second-order valence-corrected chi connectivity index (χ2v) is 6.91. The van der Waals surface area contributed by atoms with E-state index in [-0.39, 0.29) is 11.3 Å². The van der Waals surface area contributed by atoms with E-state index >= 15 is 0 Å². The number of phenols is 3. The topological polar surface area (TPSA) is 177 Å². The van der Waals surface area contributed by atoms with Crippen LogP contribution in [-0.4, -0.2) is 78.8 Å². The highest BCUT2D eigenvalue weighted by Crippen LogP contribution is 2.40. The van der Waals surface area contributed by atoms with E-state index in [0.29, 0.717) is 5.56 Å². The van der Waals surface area contributed by atoms with Crippen molar-refractivity contribution in [3.63, 3.8) is 0 Å². The van der Waals surface area contributed by atoms with Gasteiger partial charge in [0.05, 0.1) is 12.2 Å². The highest BCUT2D eigenvalue weighted by Gasteiger charge is 2.45. The SMILES string of the molecule is O=C(C=Cc1ccc(O)cc1)c1ccc(O)c(O)c1O[C@@H]1O[C@H](CO)[C@@H](O)[C@H](O)[C@H]1O. The van der Waals surface area contributed by atoms with E-state index in [1.165, 1.54) is 30.4 Å². The second-order valence-electron chi connectivity index (χ2n) is 6.91. The Morgan fingerprint density at radius 2 is 1.65 bits per heavy atom. The zero-order chi connectivity index (χ0) is 22.7. The maximum atomic E-state index is 12.7. The van der Waals surface area contributed by atoms with Crippen LogP contribution in [0.4, 0.5) is 0 Å². The number of hydrogen-bond acceptors (Lipinski definition) is 10. The molecule has 7 N–H and O–H groups in total. The number of aromatic hydroxyl groups is 3. The van der Waals surface area contributed by atoms with Gasteiger partial charge >= 0.3 is 0 Å². The Balaban J connectivity index is 1.89. The Hall–Kier alpha value is -3.15. The van der Waals surface area contributed by atoms with Crippen LogP contribution >= 0.6 is 0 Å². The predicted molar refractivity (Wildman–Crippen MR) is 106 cm³/mol. The van der Waals surface area contributed by atoms with Crippen LogP contribution in [0, 0.1) is 0 Å². The van der Waals surface area contributed by atoms with Crippen molar-refractivity contribution in [3.8, 4) is 23.0 Å². The minimum Gasteiger partial charge on any atom is -0.508 e. The van der Waals surface area contributed by atoms with Crippen molar-refractivity contribution in [2.45, 2.75) is 30.7 Å². The molecule has 1 fully saturated rings. The molecule has 10 heteroatoms. The van der Waals surface area contributed by atoms with Crippen LogP contribution in [0.3, 0.4) is 0 Å². The van der Waals surface area contributed by atoms with Gasteiger partial charge in [-0.15, -0.1) is 0 Å². The quantitative estimate of drug-likeness (QED) is 0.184. The van der Waals surface area contributed by atoms with Crippen LogP contribution < -0.4 is 4.74 Å². The molecule has 1 saturated heterocycles. The molecule has 3 rings (SSSR count). The van der Waals surface area contributed by atoms with Gasteiger partial charge in [0.1, 0.15) is 30.2 Å². The lowest BCUT2D eigenvalue weighted by molar-refractivity contribution is -0.277. The minimum absolute atomic E-state index is 0.0575. The van der Waals surface area contributed by atoms with Crippen LogP contribution in [0.15, 0.2) is 42.5 Å². The fraction of sp³-hybridized carbons (Fsp3) is 0.286. The summed E-state index contributed by atoms with van der Waals surface area (Å²) in [6, 6.07) is 8.25. The third-order valence-corrected chi connectivity index (χ3v) is 4.78. The van der Waals surface area contributed by atoms with E-state index < -0.39 is 60.3 Å². The molecule has 1 heterocycles. The molecule has 2 aromatic rings. The molecule has 0 bridgehead atoms. The first kappa shape index (κ1) is 22.5. The van der Waals surface area contributed by atoms with Crippen LogP contribution in [0.25, 0.3) is 6.08 Å². The smallest absolute Gasteiger partial charge is 0.229 e. The van der Waals surface area contributed by atoms with Gasteiger partial charge in [0.2, 0.25) is 12.0 Å². The Morgan fingerprint density at radius 3 is 2.29 bits per heavy atom. The van der Waals surface area contributed by atoms with Gasteiger partial charge in [-0.1, -0.05) is 18.2 Å². The Bertz CT molecular complexity index is 953. The lowest BCUT2D eigenvalue weighted by Crippen LogP contribution is -2.60. The van der Waals surface area contributed by atoms with Gasteiger partial charge in [0, 0.05) is 0 Å². The average molecular weight is 434 g/mol. The van der Waals surface area contributed by atoms with E-state index in [0.717, 1.165) is 6.07 Å². The van der Waals surface area contributed by atoms with Crippen molar-refractivity contribution in [1.82, 2.24) is 0 Å². The number of rotatable bonds is 6. The molecule has 0 aromatic heterocycles. The summed E-state index contributed by atoms with van der Waals surface area (Å²) in [5.41, 5.74) is 0.410. The van der Waals surface area contributed by atoms with Gasteiger partial charge in [-0.25, -0.2) is 0 Å². The molecular weight excluding hydrogens is 412 g/mol.